The second-order valence-electron chi connectivity index (χ2n) is 4.98. The van der Waals surface area contributed by atoms with E-state index in [9.17, 15) is 13.6 Å². The Morgan fingerprint density at radius 1 is 1.65 bits per heavy atom. The lowest BCUT2D eigenvalue weighted by molar-refractivity contribution is -0.141. The summed E-state index contributed by atoms with van der Waals surface area (Å²) in [6.45, 7) is 4.84. The van der Waals surface area contributed by atoms with Gasteiger partial charge in [0.15, 0.2) is 0 Å². The van der Waals surface area contributed by atoms with Gasteiger partial charge in [-0.15, -0.1) is 0 Å². The van der Waals surface area contributed by atoms with E-state index in [4.69, 9.17) is 5.11 Å². The van der Waals surface area contributed by atoms with Crippen LogP contribution in [-0.4, -0.2) is 22.9 Å². The lowest BCUT2D eigenvalue weighted by atomic mass is 9.91. The fourth-order valence-corrected chi connectivity index (χ4v) is 2.16. The Bertz CT molecular complexity index is 325. The molecule has 1 fully saturated rings. The number of carboxylic acid groups (broad SMARTS) is 1. The molecular weight excluding hydrogens is 226 g/mol. The Hall–Kier alpha value is -0.930. The van der Waals surface area contributed by atoms with Crippen molar-refractivity contribution in [3.05, 3.63) is 11.6 Å². The van der Waals surface area contributed by atoms with E-state index < -0.39 is 23.7 Å². The molecule has 98 valence electrons. The van der Waals surface area contributed by atoms with E-state index in [0.29, 0.717) is 18.4 Å². The lowest BCUT2D eigenvalue weighted by Gasteiger charge is -2.17. The predicted molar refractivity (Wildman–Crippen MR) is 62.3 cm³/mol. The number of aliphatic carboxylic acids is 1. The topological polar surface area (TPSA) is 37.3 Å². The molecule has 0 heterocycles. The number of rotatable bonds is 6. The highest BCUT2D eigenvalue weighted by molar-refractivity contribution is 5.70. The molecule has 1 saturated carbocycles. The average molecular weight is 246 g/mol. The first-order valence-electron chi connectivity index (χ1n) is 6.08. The Morgan fingerprint density at radius 3 is 2.47 bits per heavy atom. The van der Waals surface area contributed by atoms with Crippen LogP contribution in [0.15, 0.2) is 11.6 Å². The van der Waals surface area contributed by atoms with E-state index >= 15 is 0 Å². The zero-order valence-corrected chi connectivity index (χ0v) is 10.5. The summed E-state index contributed by atoms with van der Waals surface area (Å²) < 4.78 is 27.3. The molecule has 0 bridgehead atoms. The minimum atomic E-state index is -1.47. The van der Waals surface area contributed by atoms with Gasteiger partial charge in [-0.3, -0.25) is 4.79 Å². The Labute approximate surface area is 101 Å². The van der Waals surface area contributed by atoms with Crippen molar-refractivity contribution in [1.82, 2.24) is 0 Å². The van der Waals surface area contributed by atoms with Crippen molar-refractivity contribution >= 4 is 5.97 Å². The molecule has 3 unspecified atom stereocenters. The van der Waals surface area contributed by atoms with Crippen LogP contribution >= 0.6 is 0 Å². The molecule has 0 spiro atoms. The van der Waals surface area contributed by atoms with Gasteiger partial charge in [-0.1, -0.05) is 13.8 Å². The van der Waals surface area contributed by atoms with E-state index in [0.717, 1.165) is 0 Å². The van der Waals surface area contributed by atoms with Crippen LogP contribution in [0.2, 0.25) is 0 Å². The molecule has 4 heteroatoms. The minimum absolute atomic E-state index is 0.112. The highest BCUT2D eigenvalue weighted by atomic mass is 19.1. The van der Waals surface area contributed by atoms with Gasteiger partial charge in [-0.2, -0.15) is 0 Å². The van der Waals surface area contributed by atoms with Crippen LogP contribution < -0.4 is 0 Å². The maximum absolute atomic E-state index is 14.3. The zero-order chi connectivity index (χ0) is 13.2. The largest absolute Gasteiger partial charge is 0.481 e. The number of carbonyl (C=O) groups is 1. The molecule has 17 heavy (non-hydrogen) atoms. The lowest BCUT2D eigenvalue weighted by Crippen LogP contribution is -2.19. The molecule has 0 aliphatic heterocycles. The maximum Gasteiger partial charge on any atom is 0.306 e. The quantitative estimate of drug-likeness (QED) is 0.728. The first kappa shape index (κ1) is 14.1. The van der Waals surface area contributed by atoms with Crippen molar-refractivity contribution in [3.63, 3.8) is 0 Å². The third-order valence-electron chi connectivity index (χ3n) is 3.50. The van der Waals surface area contributed by atoms with Gasteiger partial charge in [0.1, 0.15) is 11.8 Å². The molecule has 0 radical (unpaired) electrons. The van der Waals surface area contributed by atoms with Gasteiger partial charge in [0.2, 0.25) is 0 Å². The van der Waals surface area contributed by atoms with Crippen LogP contribution in [0, 0.1) is 11.8 Å². The minimum Gasteiger partial charge on any atom is -0.481 e. The SMILES string of the molecule is CC[C@H](C/C(=C/C(C)F)C1(F)CC1C)C(=O)O. The summed E-state index contributed by atoms with van der Waals surface area (Å²) in [7, 11) is 0. The van der Waals surface area contributed by atoms with Gasteiger partial charge >= 0.3 is 5.97 Å². The third kappa shape index (κ3) is 3.27. The molecule has 1 rings (SSSR count). The molecule has 1 aliphatic rings. The highest BCUT2D eigenvalue weighted by Gasteiger charge is 2.55. The summed E-state index contributed by atoms with van der Waals surface area (Å²) in [6.07, 6.45) is 0.923. The van der Waals surface area contributed by atoms with Crippen molar-refractivity contribution < 1.29 is 18.7 Å². The fraction of sp³-hybridized carbons (Fsp3) is 0.769. The van der Waals surface area contributed by atoms with E-state index in [1.165, 1.54) is 13.0 Å². The number of halogens is 2. The van der Waals surface area contributed by atoms with E-state index in [-0.39, 0.29) is 12.3 Å². The van der Waals surface area contributed by atoms with Crippen LogP contribution in [0.1, 0.15) is 40.0 Å². The van der Waals surface area contributed by atoms with Gasteiger partial charge in [-0.05, 0) is 43.8 Å². The van der Waals surface area contributed by atoms with Crippen molar-refractivity contribution in [3.8, 4) is 0 Å². The van der Waals surface area contributed by atoms with Crippen molar-refractivity contribution in [2.75, 3.05) is 0 Å². The second kappa shape index (κ2) is 5.15. The molecule has 2 nitrogen and oxygen atoms in total. The Morgan fingerprint density at radius 2 is 2.18 bits per heavy atom. The Kier molecular flexibility index (Phi) is 4.28. The number of allylic oxidation sites excluding steroid dienone is 2. The predicted octanol–water partition coefficient (Wildman–Crippen LogP) is 3.52. The van der Waals surface area contributed by atoms with Crippen LogP contribution in [0.3, 0.4) is 0 Å². The van der Waals surface area contributed by atoms with Crippen LogP contribution in [0.25, 0.3) is 0 Å². The summed E-state index contributed by atoms with van der Waals surface area (Å²) in [5.74, 6) is -1.69. The third-order valence-corrected chi connectivity index (χ3v) is 3.50. The van der Waals surface area contributed by atoms with Gasteiger partial charge in [-0.25, -0.2) is 8.78 Å². The van der Waals surface area contributed by atoms with E-state index in [2.05, 4.69) is 0 Å². The maximum atomic E-state index is 14.3. The molecule has 1 N–H and O–H groups in total. The molecule has 0 aromatic carbocycles. The first-order chi connectivity index (χ1) is 7.81. The standard InChI is InChI=1S/C13H20F2O2/c1-4-10(12(16)17)6-11(5-9(3)14)13(15)7-8(13)2/h5,8-10H,4,6-7H2,1-3H3,(H,16,17)/b11-5-/t8?,9?,10-,13?/m1/s1. The monoisotopic (exact) mass is 246 g/mol. The molecule has 0 aromatic heterocycles. The van der Waals surface area contributed by atoms with E-state index in [1.54, 1.807) is 13.8 Å². The highest BCUT2D eigenvalue weighted by Crippen LogP contribution is 2.54. The number of carboxylic acids is 1. The summed E-state index contributed by atoms with van der Waals surface area (Å²) in [6, 6.07) is 0. The van der Waals surface area contributed by atoms with Gasteiger partial charge in [0.25, 0.3) is 0 Å². The van der Waals surface area contributed by atoms with Gasteiger partial charge in [0, 0.05) is 0 Å². The van der Waals surface area contributed by atoms with Crippen LogP contribution in [0.5, 0.6) is 0 Å². The summed E-state index contributed by atoms with van der Waals surface area (Å²) in [5, 5.41) is 8.96. The first-order valence-corrected chi connectivity index (χ1v) is 6.08. The number of hydrogen-bond donors (Lipinski definition) is 1. The normalized spacial score (nSPS) is 32.1. The van der Waals surface area contributed by atoms with Crippen molar-refractivity contribution in [2.45, 2.75) is 51.9 Å². The van der Waals surface area contributed by atoms with Crippen molar-refractivity contribution in [1.29, 1.82) is 0 Å². The fourth-order valence-electron chi connectivity index (χ4n) is 2.16. The number of hydrogen-bond acceptors (Lipinski definition) is 1. The molecular formula is C13H20F2O2. The summed E-state index contributed by atoms with van der Waals surface area (Å²) >= 11 is 0. The van der Waals surface area contributed by atoms with Gasteiger partial charge < -0.3 is 5.11 Å². The molecule has 0 amide bonds. The molecule has 0 aromatic rings. The van der Waals surface area contributed by atoms with Crippen LogP contribution in [0.4, 0.5) is 8.78 Å². The molecule has 0 saturated heterocycles. The second-order valence-corrected chi connectivity index (χ2v) is 4.98. The Balaban J connectivity index is 2.82. The molecule has 4 atom stereocenters. The van der Waals surface area contributed by atoms with Crippen LogP contribution in [-0.2, 0) is 4.79 Å². The smallest absolute Gasteiger partial charge is 0.306 e. The molecule has 1 aliphatic carbocycles. The summed E-state index contributed by atoms with van der Waals surface area (Å²) in [5.41, 5.74) is -1.14. The van der Waals surface area contributed by atoms with E-state index in [1.807, 2.05) is 0 Å². The number of alkyl halides is 2. The zero-order valence-electron chi connectivity index (χ0n) is 10.5. The average Bonchev–Trinajstić information content (AvgIpc) is 2.81. The summed E-state index contributed by atoms with van der Waals surface area (Å²) in [4.78, 5) is 10.9. The van der Waals surface area contributed by atoms with Gasteiger partial charge in [0.05, 0.1) is 5.92 Å². The van der Waals surface area contributed by atoms with Crippen molar-refractivity contribution in [2.24, 2.45) is 11.8 Å².